The summed E-state index contributed by atoms with van der Waals surface area (Å²) in [6.07, 6.45) is 0.170. The third-order valence-electron chi connectivity index (χ3n) is 6.36. The number of nitrogens with one attached hydrogen (secondary N) is 3. The van der Waals surface area contributed by atoms with Crippen LogP contribution in [0.1, 0.15) is 16.7 Å². The van der Waals surface area contributed by atoms with Crippen LogP contribution in [0.4, 0.5) is 0 Å². The van der Waals surface area contributed by atoms with Crippen LogP contribution < -0.4 is 21.7 Å². The van der Waals surface area contributed by atoms with Gasteiger partial charge in [0.2, 0.25) is 17.7 Å². The largest absolute Gasteiger partial charge is 0.508 e. The first-order chi connectivity index (χ1) is 19.7. The number of carboxylic acid groups (broad SMARTS) is 1. The lowest BCUT2D eigenvalue weighted by atomic mass is 10.0. The number of hydrogen-bond donors (Lipinski definition) is 7. The molecular weight excluding hydrogens is 544 g/mol. The number of amides is 3. The molecule has 4 unspecified atom stereocenters. The highest BCUT2D eigenvalue weighted by atomic mass is 32.1. The van der Waals surface area contributed by atoms with Crippen molar-refractivity contribution in [2.45, 2.75) is 43.4 Å². The molecule has 7 N–H and O–H groups in total. The van der Waals surface area contributed by atoms with Gasteiger partial charge >= 0.3 is 5.97 Å². The van der Waals surface area contributed by atoms with Gasteiger partial charge < -0.3 is 31.9 Å². The maximum Gasteiger partial charge on any atom is 0.326 e. The fraction of sp³-hybridized carbons (Fsp3) is 0.267. The highest BCUT2D eigenvalue weighted by Gasteiger charge is 2.30. The maximum atomic E-state index is 13.5. The van der Waals surface area contributed by atoms with Gasteiger partial charge in [-0.25, -0.2) is 4.79 Å². The van der Waals surface area contributed by atoms with E-state index in [2.05, 4.69) is 28.6 Å². The molecule has 0 saturated carbocycles. The molecular formula is C30H34N4O6S. The van der Waals surface area contributed by atoms with Crippen LogP contribution in [0.2, 0.25) is 0 Å². The van der Waals surface area contributed by atoms with Gasteiger partial charge in [0, 0.05) is 25.0 Å². The molecule has 0 spiro atoms. The Balaban J connectivity index is 1.83. The van der Waals surface area contributed by atoms with Crippen molar-refractivity contribution in [2.24, 2.45) is 5.73 Å². The Morgan fingerprint density at radius 2 is 1.02 bits per heavy atom. The maximum absolute atomic E-state index is 13.5. The minimum Gasteiger partial charge on any atom is -0.508 e. The summed E-state index contributed by atoms with van der Waals surface area (Å²) in [5.41, 5.74) is 7.91. The first-order valence-corrected chi connectivity index (χ1v) is 13.7. The molecule has 0 saturated heterocycles. The normalized spacial score (nSPS) is 13.7. The second-order valence-electron chi connectivity index (χ2n) is 9.56. The lowest BCUT2D eigenvalue weighted by molar-refractivity contribution is -0.142. The summed E-state index contributed by atoms with van der Waals surface area (Å²) in [6, 6.07) is 19.5. The van der Waals surface area contributed by atoms with Gasteiger partial charge in [0.05, 0.1) is 6.04 Å². The summed E-state index contributed by atoms with van der Waals surface area (Å²) in [7, 11) is 0. The first kappa shape index (κ1) is 31.2. The standard InChI is InChI=1S/C30H34N4O6S/c31-23(18-41)27(36)32-24(15-19-7-3-1-4-8-19)28(37)33-25(16-20-9-5-2-6-10-20)29(38)34-26(30(39)40)17-21-11-13-22(35)14-12-21/h1-14,23-26,35,41H,15-18,31H2,(H,32,36)(H,33,37)(H,34,38)(H,39,40). The van der Waals surface area contributed by atoms with Crippen molar-refractivity contribution in [1.82, 2.24) is 16.0 Å². The van der Waals surface area contributed by atoms with Gasteiger partial charge in [0.15, 0.2) is 0 Å². The summed E-state index contributed by atoms with van der Waals surface area (Å²) in [4.78, 5) is 51.6. The van der Waals surface area contributed by atoms with E-state index < -0.39 is 47.9 Å². The van der Waals surface area contributed by atoms with Crippen molar-refractivity contribution in [2.75, 3.05) is 5.75 Å². The van der Waals surface area contributed by atoms with Crippen molar-refractivity contribution in [1.29, 1.82) is 0 Å². The van der Waals surface area contributed by atoms with Crippen molar-refractivity contribution in [3.8, 4) is 5.75 Å². The Labute approximate surface area is 243 Å². The Morgan fingerprint density at radius 3 is 1.46 bits per heavy atom. The van der Waals surface area contributed by atoms with Crippen LogP contribution in [0.15, 0.2) is 84.9 Å². The van der Waals surface area contributed by atoms with E-state index in [-0.39, 0.29) is 30.8 Å². The molecule has 3 amide bonds. The number of carbonyl (C=O) groups excluding carboxylic acids is 3. The van der Waals surface area contributed by atoms with E-state index in [1.807, 2.05) is 12.1 Å². The van der Waals surface area contributed by atoms with E-state index in [1.165, 1.54) is 12.1 Å². The molecule has 0 aromatic heterocycles. The number of carboxylic acids is 1. The SMILES string of the molecule is NC(CS)C(=O)NC(Cc1ccccc1)C(=O)NC(Cc1ccccc1)C(=O)NC(Cc1ccc(O)cc1)C(=O)O. The highest BCUT2D eigenvalue weighted by Crippen LogP contribution is 2.12. The second kappa shape index (κ2) is 15.4. The van der Waals surface area contributed by atoms with Crippen LogP contribution in [-0.2, 0) is 38.4 Å². The van der Waals surface area contributed by atoms with Crippen molar-refractivity contribution in [3.05, 3.63) is 102 Å². The number of hydrogen-bond acceptors (Lipinski definition) is 7. The average Bonchev–Trinajstić information content (AvgIpc) is 2.97. The van der Waals surface area contributed by atoms with E-state index in [0.29, 0.717) is 5.56 Å². The first-order valence-electron chi connectivity index (χ1n) is 13.0. The highest BCUT2D eigenvalue weighted by molar-refractivity contribution is 7.80. The van der Waals surface area contributed by atoms with Gasteiger partial charge in [-0.15, -0.1) is 0 Å². The molecule has 3 rings (SSSR count). The zero-order valence-corrected chi connectivity index (χ0v) is 23.2. The van der Waals surface area contributed by atoms with Crippen molar-refractivity contribution >= 4 is 36.3 Å². The quantitative estimate of drug-likeness (QED) is 0.141. The number of benzene rings is 3. The molecule has 41 heavy (non-hydrogen) atoms. The van der Waals surface area contributed by atoms with Crippen LogP contribution in [0.25, 0.3) is 0 Å². The fourth-order valence-electron chi connectivity index (χ4n) is 4.09. The monoisotopic (exact) mass is 578 g/mol. The molecule has 0 radical (unpaired) electrons. The molecule has 4 atom stereocenters. The predicted molar refractivity (Wildman–Crippen MR) is 157 cm³/mol. The van der Waals surface area contributed by atoms with Gasteiger partial charge in [-0.05, 0) is 28.8 Å². The van der Waals surface area contributed by atoms with E-state index in [0.717, 1.165) is 11.1 Å². The van der Waals surface area contributed by atoms with Gasteiger partial charge in [-0.1, -0.05) is 72.8 Å². The molecule has 216 valence electrons. The average molecular weight is 579 g/mol. The van der Waals surface area contributed by atoms with Crippen LogP contribution >= 0.6 is 12.6 Å². The molecule has 0 aliphatic rings. The summed E-state index contributed by atoms with van der Waals surface area (Å²) in [6.45, 7) is 0. The minimum absolute atomic E-state index is 0.0303. The third kappa shape index (κ3) is 9.96. The molecule has 0 bridgehead atoms. The predicted octanol–water partition coefficient (Wildman–Crippen LogP) is 1.22. The van der Waals surface area contributed by atoms with E-state index in [4.69, 9.17) is 5.73 Å². The molecule has 11 heteroatoms. The van der Waals surface area contributed by atoms with E-state index >= 15 is 0 Å². The zero-order chi connectivity index (χ0) is 29.8. The summed E-state index contributed by atoms with van der Waals surface area (Å²) in [5, 5.41) is 27.2. The van der Waals surface area contributed by atoms with Gasteiger partial charge in [-0.2, -0.15) is 12.6 Å². The van der Waals surface area contributed by atoms with Crippen LogP contribution in [-0.4, -0.2) is 63.8 Å². The summed E-state index contributed by atoms with van der Waals surface area (Å²) >= 11 is 4.06. The number of thiol groups is 1. The van der Waals surface area contributed by atoms with E-state index in [9.17, 15) is 29.4 Å². The van der Waals surface area contributed by atoms with E-state index in [1.54, 1.807) is 60.7 Å². The number of rotatable bonds is 14. The number of nitrogens with two attached hydrogens (primary N) is 1. The molecule has 0 fully saturated rings. The minimum atomic E-state index is -1.30. The lowest BCUT2D eigenvalue weighted by Gasteiger charge is -2.25. The zero-order valence-electron chi connectivity index (χ0n) is 22.3. The van der Waals surface area contributed by atoms with Crippen molar-refractivity contribution < 1.29 is 29.4 Å². The van der Waals surface area contributed by atoms with Crippen LogP contribution in [0, 0.1) is 0 Å². The number of carbonyl (C=O) groups is 4. The Kier molecular flexibility index (Phi) is 11.7. The number of phenols is 1. The lowest BCUT2D eigenvalue weighted by Crippen LogP contribution is -2.58. The number of aromatic hydroxyl groups is 1. The van der Waals surface area contributed by atoms with Gasteiger partial charge in [-0.3, -0.25) is 14.4 Å². The number of aliphatic carboxylic acids is 1. The Morgan fingerprint density at radius 1 is 0.634 bits per heavy atom. The fourth-order valence-corrected chi connectivity index (χ4v) is 4.26. The molecule has 3 aromatic rings. The van der Waals surface area contributed by atoms with Crippen LogP contribution in [0.3, 0.4) is 0 Å². The Hall–Kier alpha value is -4.35. The summed E-state index contributed by atoms with van der Waals surface area (Å²) in [5.74, 6) is -3.06. The van der Waals surface area contributed by atoms with Crippen LogP contribution in [0.5, 0.6) is 5.75 Å². The van der Waals surface area contributed by atoms with Gasteiger partial charge in [0.25, 0.3) is 0 Å². The third-order valence-corrected chi connectivity index (χ3v) is 6.75. The molecule has 3 aromatic carbocycles. The Bertz CT molecular complexity index is 1310. The van der Waals surface area contributed by atoms with Gasteiger partial charge in [0.1, 0.15) is 23.9 Å². The molecule has 0 aliphatic heterocycles. The molecule has 10 nitrogen and oxygen atoms in total. The topological polar surface area (TPSA) is 171 Å². The molecule has 0 heterocycles. The summed E-state index contributed by atoms with van der Waals surface area (Å²) < 4.78 is 0. The second-order valence-corrected chi connectivity index (χ2v) is 9.93. The smallest absolute Gasteiger partial charge is 0.326 e. The van der Waals surface area contributed by atoms with Crippen molar-refractivity contribution in [3.63, 3.8) is 0 Å². The molecule has 0 aliphatic carbocycles. The number of phenolic OH excluding ortho intramolecular Hbond substituents is 1.